The molecule has 1 atom stereocenters. The minimum absolute atomic E-state index is 0.381. The second kappa shape index (κ2) is 5.45. The van der Waals surface area contributed by atoms with E-state index in [9.17, 15) is 0 Å². The fraction of sp³-hybridized carbons (Fsp3) is 0.538. The van der Waals surface area contributed by atoms with Gasteiger partial charge in [0.15, 0.2) is 0 Å². The molecule has 0 spiro atoms. The molecule has 1 aromatic rings. The summed E-state index contributed by atoms with van der Waals surface area (Å²) in [4.78, 5) is 1.17. The van der Waals surface area contributed by atoms with Crippen molar-refractivity contribution >= 4 is 10.7 Å². The maximum atomic E-state index is 8.36. The number of benzene rings is 1. The molecule has 0 radical (unpaired) electrons. The fourth-order valence-corrected chi connectivity index (χ4v) is 3.89. The number of nitrogens with one attached hydrogen (secondary N) is 1. The van der Waals surface area contributed by atoms with Crippen LogP contribution < -0.4 is 0 Å². The number of hydrogen-bond acceptors (Lipinski definition) is 1. The van der Waals surface area contributed by atoms with Crippen LogP contribution in [0.3, 0.4) is 0 Å². The lowest BCUT2D eigenvalue weighted by Gasteiger charge is -2.26. The standard InChI is InChI=1S/C13H21NS/c1-10(2)13(11(3)4)15(14)12-8-6-5-7-9-12/h5-11,13-14H,1-4H3/t15-/m0/s1. The Morgan fingerprint density at radius 1 is 0.933 bits per heavy atom. The highest BCUT2D eigenvalue weighted by Gasteiger charge is 2.22. The maximum absolute atomic E-state index is 8.36. The Labute approximate surface area is 95.8 Å². The van der Waals surface area contributed by atoms with Gasteiger partial charge >= 0.3 is 0 Å². The van der Waals surface area contributed by atoms with Gasteiger partial charge < -0.3 is 0 Å². The van der Waals surface area contributed by atoms with Crippen molar-refractivity contribution in [3.05, 3.63) is 30.3 Å². The predicted octanol–water partition coefficient (Wildman–Crippen LogP) is 4.11. The minimum atomic E-state index is -0.381. The van der Waals surface area contributed by atoms with E-state index < -0.39 is 0 Å². The number of hydrogen-bond donors (Lipinski definition) is 1. The van der Waals surface area contributed by atoms with E-state index in [-0.39, 0.29) is 10.7 Å². The summed E-state index contributed by atoms with van der Waals surface area (Å²) < 4.78 is 8.36. The van der Waals surface area contributed by atoms with Crippen molar-refractivity contribution in [2.45, 2.75) is 37.8 Å². The maximum Gasteiger partial charge on any atom is 0.0244 e. The molecule has 0 aromatic heterocycles. The first-order chi connectivity index (χ1) is 7.04. The van der Waals surface area contributed by atoms with Gasteiger partial charge in [-0.15, -0.1) is 0 Å². The van der Waals surface area contributed by atoms with Gasteiger partial charge in [0.1, 0.15) is 0 Å². The third-order valence-corrected chi connectivity index (χ3v) is 5.00. The van der Waals surface area contributed by atoms with Crippen LogP contribution in [-0.2, 0) is 10.7 Å². The van der Waals surface area contributed by atoms with Crippen molar-refractivity contribution in [3.63, 3.8) is 0 Å². The molecule has 15 heavy (non-hydrogen) atoms. The van der Waals surface area contributed by atoms with Crippen LogP contribution in [0, 0.1) is 16.6 Å². The molecule has 0 heterocycles. The van der Waals surface area contributed by atoms with Gasteiger partial charge in [0, 0.05) is 10.1 Å². The highest BCUT2D eigenvalue weighted by atomic mass is 32.2. The first kappa shape index (κ1) is 12.4. The third-order valence-electron chi connectivity index (χ3n) is 2.58. The van der Waals surface area contributed by atoms with Gasteiger partial charge in [0.2, 0.25) is 0 Å². The molecule has 0 amide bonds. The fourth-order valence-electron chi connectivity index (χ4n) is 2.04. The Morgan fingerprint density at radius 2 is 1.40 bits per heavy atom. The summed E-state index contributed by atoms with van der Waals surface area (Å²) >= 11 is 0. The van der Waals surface area contributed by atoms with Crippen LogP contribution in [0.2, 0.25) is 0 Å². The monoisotopic (exact) mass is 223 g/mol. The van der Waals surface area contributed by atoms with E-state index in [0.29, 0.717) is 17.1 Å². The smallest absolute Gasteiger partial charge is 0.0244 e. The zero-order valence-corrected chi connectivity index (χ0v) is 10.8. The summed E-state index contributed by atoms with van der Waals surface area (Å²) in [6.45, 7) is 8.90. The van der Waals surface area contributed by atoms with E-state index in [0.717, 1.165) is 0 Å². The van der Waals surface area contributed by atoms with Gasteiger partial charge in [-0.2, -0.15) is 0 Å². The van der Waals surface area contributed by atoms with Crippen LogP contribution in [0.1, 0.15) is 27.7 Å². The van der Waals surface area contributed by atoms with Crippen molar-refractivity contribution in [2.75, 3.05) is 0 Å². The Hall–Kier alpha value is -0.630. The molecule has 1 rings (SSSR count). The van der Waals surface area contributed by atoms with Crippen LogP contribution in [-0.4, -0.2) is 5.25 Å². The Bertz CT molecular complexity index is 309. The molecule has 0 bridgehead atoms. The molecular weight excluding hydrogens is 202 g/mol. The van der Waals surface area contributed by atoms with Crippen molar-refractivity contribution in [1.82, 2.24) is 0 Å². The topological polar surface area (TPSA) is 23.9 Å². The molecule has 0 aliphatic rings. The molecule has 0 saturated carbocycles. The van der Waals surface area contributed by atoms with Crippen LogP contribution >= 0.6 is 0 Å². The summed E-state index contributed by atoms with van der Waals surface area (Å²) in [5.41, 5.74) is 0. The van der Waals surface area contributed by atoms with Gasteiger partial charge in [-0.05, 0) is 24.0 Å². The van der Waals surface area contributed by atoms with E-state index >= 15 is 0 Å². The summed E-state index contributed by atoms with van der Waals surface area (Å²) in [7, 11) is -0.381. The van der Waals surface area contributed by atoms with Gasteiger partial charge in [-0.3, -0.25) is 4.78 Å². The normalized spacial score (nSPS) is 13.8. The Kier molecular flexibility index (Phi) is 4.52. The molecule has 1 N–H and O–H groups in total. The van der Waals surface area contributed by atoms with Gasteiger partial charge in [-0.1, -0.05) is 56.6 Å². The summed E-state index contributed by atoms with van der Waals surface area (Å²) in [5.74, 6) is 1.15. The average molecular weight is 223 g/mol. The summed E-state index contributed by atoms with van der Waals surface area (Å²) in [6, 6.07) is 10.2. The minimum Gasteiger partial charge on any atom is -0.275 e. The van der Waals surface area contributed by atoms with Crippen LogP contribution in [0.15, 0.2) is 35.2 Å². The molecular formula is C13H21NS. The van der Waals surface area contributed by atoms with Gasteiger partial charge in [0.05, 0.1) is 0 Å². The van der Waals surface area contributed by atoms with Crippen LogP contribution in [0.4, 0.5) is 0 Å². The highest BCUT2D eigenvalue weighted by molar-refractivity contribution is 7.86. The predicted molar refractivity (Wildman–Crippen MR) is 68.3 cm³/mol. The highest BCUT2D eigenvalue weighted by Crippen LogP contribution is 2.24. The molecule has 0 unspecified atom stereocenters. The third kappa shape index (κ3) is 3.16. The van der Waals surface area contributed by atoms with E-state index in [1.54, 1.807) is 0 Å². The summed E-state index contributed by atoms with van der Waals surface area (Å²) in [6.07, 6.45) is 0. The first-order valence-corrected chi connectivity index (χ1v) is 6.82. The van der Waals surface area contributed by atoms with Crippen molar-refractivity contribution in [1.29, 1.82) is 4.78 Å². The van der Waals surface area contributed by atoms with E-state index in [4.69, 9.17) is 4.78 Å². The molecule has 0 aliphatic heterocycles. The lowest BCUT2D eigenvalue weighted by Crippen LogP contribution is -2.26. The zero-order chi connectivity index (χ0) is 11.4. The molecule has 1 nitrogen and oxygen atoms in total. The molecule has 0 fully saturated rings. The van der Waals surface area contributed by atoms with Crippen molar-refractivity contribution < 1.29 is 0 Å². The van der Waals surface area contributed by atoms with E-state index in [2.05, 4.69) is 39.8 Å². The largest absolute Gasteiger partial charge is 0.275 e. The quantitative estimate of drug-likeness (QED) is 0.794. The molecule has 1 aromatic carbocycles. The van der Waals surface area contributed by atoms with E-state index in [1.807, 2.05) is 18.2 Å². The number of rotatable bonds is 4. The Balaban J connectivity index is 2.92. The van der Waals surface area contributed by atoms with Gasteiger partial charge in [-0.25, -0.2) is 0 Å². The van der Waals surface area contributed by atoms with E-state index in [1.165, 1.54) is 4.90 Å². The summed E-state index contributed by atoms with van der Waals surface area (Å²) in [5, 5.41) is 0.465. The first-order valence-electron chi connectivity index (χ1n) is 5.53. The average Bonchev–Trinajstić information content (AvgIpc) is 2.18. The second-order valence-electron chi connectivity index (χ2n) is 4.60. The molecule has 2 heteroatoms. The van der Waals surface area contributed by atoms with Crippen LogP contribution in [0.25, 0.3) is 0 Å². The van der Waals surface area contributed by atoms with Gasteiger partial charge in [0.25, 0.3) is 0 Å². The van der Waals surface area contributed by atoms with Crippen molar-refractivity contribution in [3.8, 4) is 0 Å². The lowest BCUT2D eigenvalue weighted by molar-refractivity contribution is 0.483. The molecule has 0 saturated heterocycles. The van der Waals surface area contributed by atoms with Crippen molar-refractivity contribution in [2.24, 2.45) is 11.8 Å². The zero-order valence-electron chi connectivity index (χ0n) is 10.0. The second-order valence-corrected chi connectivity index (χ2v) is 6.29. The van der Waals surface area contributed by atoms with Crippen LogP contribution in [0.5, 0.6) is 0 Å². The Morgan fingerprint density at radius 3 is 1.80 bits per heavy atom. The molecule has 84 valence electrons. The SMILES string of the molecule is CC(C)C(C(C)C)[S@@](=N)c1ccccc1. The molecule has 0 aliphatic carbocycles. The lowest BCUT2D eigenvalue weighted by atomic mass is 10.0.